The van der Waals surface area contributed by atoms with Crippen LogP contribution in [0.25, 0.3) is 0 Å². The van der Waals surface area contributed by atoms with Gasteiger partial charge in [0.25, 0.3) is 5.91 Å². The molecule has 7 nitrogen and oxygen atoms in total. The average molecular weight is 447 g/mol. The van der Waals surface area contributed by atoms with Crippen LogP contribution < -0.4 is 10.0 Å². The predicted octanol–water partition coefficient (Wildman–Crippen LogP) is 3.58. The Kier molecular flexibility index (Phi) is 7.28. The molecule has 1 atom stereocenters. The van der Waals surface area contributed by atoms with Gasteiger partial charge < -0.3 is 10.1 Å². The Balaban J connectivity index is 2.25. The minimum atomic E-state index is -3.72. The van der Waals surface area contributed by atoms with Crippen molar-refractivity contribution in [3.8, 4) is 0 Å². The quantitative estimate of drug-likeness (QED) is 0.661. The Bertz CT molecular complexity index is 1020. The SMILES string of the molecule is CC(C)(C)NS(=O)(=O)c1ccc(C(=O)N[C@H](C(=O)OC(C)(C)C)c2ccccc2)cc1. The highest BCUT2D eigenvalue weighted by Gasteiger charge is 2.29. The second kappa shape index (κ2) is 9.20. The lowest BCUT2D eigenvalue weighted by Gasteiger charge is -2.25. The molecule has 0 aliphatic heterocycles. The molecule has 0 bridgehead atoms. The van der Waals surface area contributed by atoms with Crippen molar-refractivity contribution in [1.82, 2.24) is 10.0 Å². The van der Waals surface area contributed by atoms with Gasteiger partial charge in [0.1, 0.15) is 5.60 Å². The van der Waals surface area contributed by atoms with E-state index in [0.29, 0.717) is 5.56 Å². The van der Waals surface area contributed by atoms with Crippen LogP contribution in [0, 0.1) is 0 Å². The first-order valence-corrected chi connectivity index (χ1v) is 11.4. The molecule has 8 heteroatoms. The van der Waals surface area contributed by atoms with Gasteiger partial charge in [0.2, 0.25) is 10.0 Å². The summed E-state index contributed by atoms with van der Waals surface area (Å²) in [5.41, 5.74) is -0.548. The summed E-state index contributed by atoms with van der Waals surface area (Å²) in [6.07, 6.45) is 0. The van der Waals surface area contributed by atoms with Crippen LogP contribution in [-0.2, 0) is 19.6 Å². The smallest absolute Gasteiger partial charge is 0.333 e. The lowest BCUT2D eigenvalue weighted by molar-refractivity contribution is -0.157. The molecule has 2 aromatic rings. The zero-order valence-corrected chi connectivity index (χ0v) is 19.5. The minimum absolute atomic E-state index is 0.0470. The van der Waals surface area contributed by atoms with Crippen LogP contribution in [0.3, 0.4) is 0 Å². The molecule has 0 spiro atoms. The van der Waals surface area contributed by atoms with Crippen molar-refractivity contribution < 1.29 is 22.7 Å². The Morgan fingerprint density at radius 2 is 1.42 bits per heavy atom. The van der Waals surface area contributed by atoms with Gasteiger partial charge in [-0.1, -0.05) is 30.3 Å². The zero-order valence-electron chi connectivity index (χ0n) is 18.7. The van der Waals surface area contributed by atoms with E-state index in [4.69, 9.17) is 4.74 Å². The van der Waals surface area contributed by atoms with Crippen molar-refractivity contribution in [2.45, 2.75) is 63.6 Å². The standard InChI is InChI=1S/C23H30N2O5S/c1-22(2,3)25-31(28,29)18-14-12-17(13-15-18)20(26)24-19(16-10-8-7-9-11-16)21(27)30-23(4,5)6/h7-15,19,25H,1-6H3,(H,24,26)/t19-/m0/s1. The van der Waals surface area contributed by atoms with Gasteiger partial charge in [0.05, 0.1) is 4.90 Å². The summed E-state index contributed by atoms with van der Waals surface area (Å²) < 4.78 is 32.9. The minimum Gasteiger partial charge on any atom is -0.458 e. The number of carbonyl (C=O) groups is 2. The van der Waals surface area contributed by atoms with Crippen LogP contribution in [0.5, 0.6) is 0 Å². The molecule has 0 radical (unpaired) electrons. The van der Waals surface area contributed by atoms with Crippen molar-refractivity contribution in [1.29, 1.82) is 0 Å². The number of rotatable bonds is 6. The van der Waals surface area contributed by atoms with Crippen LogP contribution >= 0.6 is 0 Å². The molecule has 1 amide bonds. The van der Waals surface area contributed by atoms with E-state index in [1.54, 1.807) is 65.8 Å². The fraction of sp³-hybridized carbons (Fsp3) is 0.391. The maximum absolute atomic E-state index is 12.8. The molecule has 0 saturated heterocycles. The lowest BCUT2D eigenvalue weighted by atomic mass is 10.1. The van der Waals surface area contributed by atoms with Crippen LogP contribution in [0.15, 0.2) is 59.5 Å². The van der Waals surface area contributed by atoms with E-state index in [2.05, 4.69) is 10.0 Å². The van der Waals surface area contributed by atoms with E-state index in [1.165, 1.54) is 24.3 Å². The number of hydrogen-bond donors (Lipinski definition) is 2. The molecular formula is C23H30N2O5S. The van der Waals surface area contributed by atoms with Crippen LogP contribution in [0.1, 0.15) is 63.5 Å². The summed E-state index contributed by atoms with van der Waals surface area (Å²) >= 11 is 0. The van der Waals surface area contributed by atoms with Gasteiger partial charge in [0, 0.05) is 11.1 Å². The summed E-state index contributed by atoms with van der Waals surface area (Å²) in [6.45, 7) is 10.5. The van der Waals surface area contributed by atoms with Gasteiger partial charge in [-0.25, -0.2) is 17.9 Å². The fourth-order valence-electron chi connectivity index (χ4n) is 2.75. The third-order valence-corrected chi connectivity index (χ3v) is 5.69. The summed E-state index contributed by atoms with van der Waals surface area (Å²) in [7, 11) is -3.72. The molecular weight excluding hydrogens is 416 g/mol. The highest BCUT2D eigenvalue weighted by Crippen LogP contribution is 2.20. The number of ether oxygens (including phenoxy) is 1. The highest BCUT2D eigenvalue weighted by atomic mass is 32.2. The molecule has 0 aliphatic carbocycles. The largest absolute Gasteiger partial charge is 0.458 e. The first-order chi connectivity index (χ1) is 14.2. The van der Waals surface area contributed by atoms with Gasteiger partial charge in [-0.05, 0) is 71.4 Å². The maximum atomic E-state index is 12.8. The van der Waals surface area contributed by atoms with Gasteiger partial charge >= 0.3 is 5.97 Å². The molecule has 2 rings (SSSR count). The van der Waals surface area contributed by atoms with E-state index >= 15 is 0 Å². The number of benzene rings is 2. The Hall–Kier alpha value is -2.71. The maximum Gasteiger partial charge on any atom is 0.333 e. The first kappa shape index (κ1) is 24.6. The topological polar surface area (TPSA) is 102 Å². The van der Waals surface area contributed by atoms with Crippen LogP contribution in [0.2, 0.25) is 0 Å². The number of amides is 1. The van der Waals surface area contributed by atoms with Gasteiger partial charge in [0.15, 0.2) is 6.04 Å². The second-order valence-electron chi connectivity index (χ2n) is 9.23. The molecule has 2 aromatic carbocycles. The van der Waals surface area contributed by atoms with E-state index < -0.39 is 39.1 Å². The van der Waals surface area contributed by atoms with Crippen molar-refractivity contribution in [2.24, 2.45) is 0 Å². The van der Waals surface area contributed by atoms with E-state index in [-0.39, 0.29) is 10.5 Å². The summed E-state index contributed by atoms with van der Waals surface area (Å²) in [5.74, 6) is -1.10. The third-order valence-electron chi connectivity index (χ3n) is 3.92. The van der Waals surface area contributed by atoms with Crippen molar-refractivity contribution in [3.05, 3.63) is 65.7 Å². The monoisotopic (exact) mass is 446 g/mol. The highest BCUT2D eigenvalue weighted by molar-refractivity contribution is 7.89. The van der Waals surface area contributed by atoms with Crippen molar-refractivity contribution in [3.63, 3.8) is 0 Å². The molecule has 0 aliphatic rings. The molecule has 2 N–H and O–H groups in total. The summed E-state index contributed by atoms with van der Waals surface area (Å²) in [5, 5.41) is 2.69. The van der Waals surface area contributed by atoms with Crippen LogP contribution in [0.4, 0.5) is 0 Å². The number of sulfonamides is 1. The molecule has 0 saturated carbocycles. The normalized spacial score (nSPS) is 13.4. The Morgan fingerprint density at radius 1 is 0.871 bits per heavy atom. The first-order valence-electron chi connectivity index (χ1n) is 9.91. The molecule has 0 aromatic heterocycles. The zero-order chi connectivity index (χ0) is 23.4. The Morgan fingerprint density at radius 3 is 1.90 bits per heavy atom. The number of carbonyl (C=O) groups excluding carboxylic acids is 2. The second-order valence-corrected chi connectivity index (χ2v) is 10.9. The van der Waals surface area contributed by atoms with Gasteiger partial charge in [-0.3, -0.25) is 4.79 Å². The fourth-order valence-corrected chi connectivity index (χ4v) is 4.16. The van der Waals surface area contributed by atoms with E-state index in [0.717, 1.165) is 0 Å². The van der Waals surface area contributed by atoms with E-state index in [9.17, 15) is 18.0 Å². The molecule has 31 heavy (non-hydrogen) atoms. The third kappa shape index (κ3) is 7.48. The predicted molar refractivity (Wildman–Crippen MR) is 119 cm³/mol. The number of esters is 1. The lowest BCUT2D eigenvalue weighted by Crippen LogP contribution is -2.40. The van der Waals surface area contributed by atoms with Gasteiger partial charge in [-0.15, -0.1) is 0 Å². The Labute approximate surface area is 184 Å². The van der Waals surface area contributed by atoms with Crippen molar-refractivity contribution >= 4 is 21.9 Å². The molecule has 0 fully saturated rings. The molecule has 0 unspecified atom stereocenters. The van der Waals surface area contributed by atoms with E-state index in [1.807, 2.05) is 6.07 Å². The summed E-state index contributed by atoms with van der Waals surface area (Å²) in [6, 6.07) is 13.3. The number of hydrogen-bond acceptors (Lipinski definition) is 5. The van der Waals surface area contributed by atoms with Gasteiger partial charge in [-0.2, -0.15) is 0 Å². The molecule has 0 heterocycles. The van der Waals surface area contributed by atoms with Crippen molar-refractivity contribution in [2.75, 3.05) is 0 Å². The van der Waals surface area contributed by atoms with Crippen LogP contribution in [-0.4, -0.2) is 31.4 Å². The summed E-state index contributed by atoms with van der Waals surface area (Å²) in [4.78, 5) is 25.6. The molecule has 168 valence electrons. The average Bonchev–Trinajstić information content (AvgIpc) is 2.63. The number of nitrogens with one attached hydrogen (secondary N) is 2.